The highest BCUT2D eigenvalue weighted by atomic mass is 16.4. The van der Waals surface area contributed by atoms with E-state index in [2.05, 4.69) is 0 Å². The summed E-state index contributed by atoms with van der Waals surface area (Å²) in [5.41, 5.74) is 3.03. The summed E-state index contributed by atoms with van der Waals surface area (Å²) in [4.78, 5) is 53.7. The number of aldehydes is 1. The van der Waals surface area contributed by atoms with Gasteiger partial charge in [-0.25, -0.2) is 9.59 Å². The lowest BCUT2D eigenvalue weighted by Gasteiger charge is -1.97. The van der Waals surface area contributed by atoms with Gasteiger partial charge in [-0.05, 0) is 42.8 Å². The number of hydrogen-bond donors (Lipinski definition) is 2. The van der Waals surface area contributed by atoms with Gasteiger partial charge in [-0.15, -0.1) is 0 Å². The first-order valence-corrected chi connectivity index (χ1v) is 11.7. The predicted molar refractivity (Wildman–Crippen MR) is 148 cm³/mol. The Kier molecular flexibility index (Phi) is 11.9. The molecule has 0 aliphatic carbocycles. The highest BCUT2D eigenvalue weighted by Gasteiger charge is 2.05. The molecule has 7 nitrogen and oxygen atoms in total. The molecule has 0 bridgehead atoms. The fourth-order valence-electron chi connectivity index (χ4n) is 2.99. The van der Waals surface area contributed by atoms with E-state index in [0.717, 1.165) is 17.4 Å². The number of benzene rings is 4. The lowest BCUT2D eigenvalue weighted by molar-refractivity contribution is 0.0686. The maximum atomic E-state index is 11.9. The molecule has 0 saturated heterocycles. The highest BCUT2D eigenvalue weighted by molar-refractivity contribution is 6.07. The molecule has 0 amide bonds. The van der Waals surface area contributed by atoms with Gasteiger partial charge in [-0.3, -0.25) is 14.4 Å². The first-order chi connectivity index (χ1) is 18.7. The minimum atomic E-state index is -1.00. The summed E-state index contributed by atoms with van der Waals surface area (Å²) >= 11 is 0. The van der Waals surface area contributed by atoms with Crippen LogP contribution >= 0.6 is 0 Å². The lowest BCUT2D eigenvalue weighted by Crippen LogP contribution is -1.98. The van der Waals surface area contributed by atoms with E-state index in [9.17, 15) is 24.0 Å². The van der Waals surface area contributed by atoms with Crippen LogP contribution < -0.4 is 0 Å². The van der Waals surface area contributed by atoms with E-state index in [1.807, 2.05) is 48.5 Å². The van der Waals surface area contributed by atoms with Crippen LogP contribution in [-0.4, -0.2) is 40.0 Å². The SMILES string of the molecule is CC(=O)c1ccc(C(=O)O)cc1.O=C(O)c1ccc(C(=O)/C=C/c2ccccc2)cc1.O=Cc1ccccc1. The van der Waals surface area contributed by atoms with Gasteiger partial charge in [-0.2, -0.15) is 0 Å². The van der Waals surface area contributed by atoms with Crippen molar-refractivity contribution in [2.24, 2.45) is 0 Å². The van der Waals surface area contributed by atoms with Crippen LogP contribution in [0.25, 0.3) is 6.08 Å². The van der Waals surface area contributed by atoms with Gasteiger partial charge >= 0.3 is 11.9 Å². The number of carbonyl (C=O) groups excluding carboxylic acids is 3. The van der Waals surface area contributed by atoms with Crippen molar-refractivity contribution < 1.29 is 34.2 Å². The quantitative estimate of drug-likeness (QED) is 0.164. The monoisotopic (exact) mass is 522 g/mol. The van der Waals surface area contributed by atoms with Crippen LogP contribution in [0.4, 0.5) is 0 Å². The Morgan fingerprint density at radius 1 is 0.538 bits per heavy atom. The molecule has 7 heteroatoms. The molecule has 2 N–H and O–H groups in total. The van der Waals surface area contributed by atoms with Gasteiger partial charge in [0, 0.05) is 16.7 Å². The zero-order chi connectivity index (χ0) is 28.6. The Morgan fingerprint density at radius 3 is 1.28 bits per heavy atom. The van der Waals surface area contributed by atoms with E-state index in [1.54, 1.807) is 18.2 Å². The largest absolute Gasteiger partial charge is 0.478 e. The zero-order valence-electron chi connectivity index (χ0n) is 21.1. The Labute approximate surface area is 225 Å². The van der Waals surface area contributed by atoms with Crippen LogP contribution in [0.2, 0.25) is 0 Å². The van der Waals surface area contributed by atoms with Crippen LogP contribution in [-0.2, 0) is 0 Å². The zero-order valence-corrected chi connectivity index (χ0v) is 21.1. The molecule has 0 saturated carbocycles. The third-order valence-corrected chi connectivity index (χ3v) is 5.12. The first kappa shape index (κ1) is 29.8. The van der Waals surface area contributed by atoms with E-state index in [4.69, 9.17) is 10.2 Å². The summed E-state index contributed by atoms with van der Waals surface area (Å²) in [6.07, 6.45) is 4.04. The topological polar surface area (TPSA) is 126 Å². The average molecular weight is 523 g/mol. The Balaban J connectivity index is 0.000000227. The molecule has 39 heavy (non-hydrogen) atoms. The third kappa shape index (κ3) is 10.6. The van der Waals surface area contributed by atoms with Crippen molar-refractivity contribution in [1.82, 2.24) is 0 Å². The summed E-state index contributed by atoms with van der Waals surface area (Å²) < 4.78 is 0. The molecule has 0 atom stereocenters. The number of rotatable bonds is 7. The molecule has 0 aliphatic rings. The molecule has 0 spiro atoms. The van der Waals surface area contributed by atoms with Crippen molar-refractivity contribution in [2.75, 3.05) is 0 Å². The van der Waals surface area contributed by atoms with Crippen LogP contribution in [0.5, 0.6) is 0 Å². The number of carboxylic acid groups (broad SMARTS) is 2. The lowest BCUT2D eigenvalue weighted by atomic mass is 10.1. The van der Waals surface area contributed by atoms with Gasteiger partial charge in [0.05, 0.1) is 11.1 Å². The highest BCUT2D eigenvalue weighted by Crippen LogP contribution is 2.08. The first-order valence-electron chi connectivity index (χ1n) is 11.7. The standard InChI is InChI=1S/C16H12O3.C9H8O3.C7H6O/c17-15(11-6-12-4-2-1-3-5-12)13-7-9-14(10-8-13)16(18)19;1-6(10)7-2-4-8(5-3-7)9(11)12;8-6-7-4-2-1-3-5-7/h1-11H,(H,18,19);2-5H,1H3,(H,11,12);1-6H/b11-6+;;. The molecule has 0 fully saturated rings. The molecule has 4 aromatic carbocycles. The van der Waals surface area contributed by atoms with E-state index >= 15 is 0 Å². The van der Waals surface area contributed by atoms with Crippen molar-refractivity contribution in [3.63, 3.8) is 0 Å². The number of carbonyl (C=O) groups is 5. The Bertz CT molecular complexity index is 1390. The van der Waals surface area contributed by atoms with Gasteiger partial charge in [0.2, 0.25) is 0 Å². The molecule has 4 rings (SSSR count). The molecule has 0 aliphatic heterocycles. The molecule has 0 radical (unpaired) electrons. The number of carboxylic acids is 2. The number of ketones is 2. The molecule has 0 aromatic heterocycles. The van der Waals surface area contributed by atoms with Crippen LogP contribution in [0.1, 0.15) is 64.3 Å². The van der Waals surface area contributed by atoms with Gasteiger partial charge < -0.3 is 10.2 Å². The summed E-state index contributed by atoms with van der Waals surface area (Å²) in [5.74, 6) is -2.20. The van der Waals surface area contributed by atoms with Crippen LogP contribution in [0, 0.1) is 0 Å². The molecule has 4 aromatic rings. The smallest absolute Gasteiger partial charge is 0.335 e. The molecule has 0 unspecified atom stereocenters. The van der Waals surface area contributed by atoms with Crippen molar-refractivity contribution in [3.8, 4) is 0 Å². The fourth-order valence-corrected chi connectivity index (χ4v) is 2.99. The van der Waals surface area contributed by atoms with Crippen LogP contribution in [0.3, 0.4) is 0 Å². The van der Waals surface area contributed by atoms with Gasteiger partial charge in [0.25, 0.3) is 0 Å². The van der Waals surface area contributed by atoms with Gasteiger partial charge in [0.15, 0.2) is 11.6 Å². The molecular weight excluding hydrogens is 496 g/mol. The molecule has 0 heterocycles. The number of hydrogen-bond acceptors (Lipinski definition) is 5. The fraction of sp³-hybridized carbons (Fsp3) is 0.0312. The number of aromatic carboxylic acids is 2. The van der Waals surface area contributed by atoms with Gasteiger partial charge in [-0.1, -0.05) is 91.0 Å². The van der Waals surface area contributed by atoms with Crippen molar-refractivity contribution >= 4 is 35.9 Å². The number of Topliss-reactive ketones (excluding diaryl/α,β-unsaturated/α-hetero) is 1. The minimum Gasteiger partial charge on any atom is -0.478 e. The summed E-state index contributed by atoms with van der Waals surface area (Å²) in [7, 11) is 0. The summed E-state index contributed by atoms with van der Waals surface area (Å²) in [6, 6.07) is 30.3. The van der Waals surface area contributed by atoms with E-state index in [-0.39, 0.29) is 22.7 Å². The van der Waals surface area contributed by atoms with E-state index in [0.29, 0.717) is 11.1 Å². The predicted octanol–water partition coefficient (Wildman–Crippen LogP) is 6.37. The maximum absolute atomic E-state index is 11.9. The van der Waals surface area contributed by atoms with Crippen LogP contribution in [0.15, 0.2) is 115 Å². The van der Waals surface area contributed by atoms with Crippen molar-refractivity contribution in [1.29, 1.82) is 0 Å². The van der Waals surface area contributed by atoms with E-state index < -0.39 is 11.9 Å². The molecular formula is C32H26O7. The second-order valence-electron chi connectivity index (χ2n) is 7.96. The summed E-state index contributed by atoms with van der Waals surface area (Å²) in [5, 5.41) is 17.3. The Hall–Kier alpha value is -5.43. The van der Waals surface area contributed by atoms with Crippen molar-refractivity contribution in [2.45, 2.75) is 6.92 Å². The van der Waals surface area contributed by atoms with Gasteiger partial charge in [0.1, 0.15) is 6.29 Å². The minimum absolute atomic E-state index is 0.0630. The third-order valence-electron chi connectivity index (χ3n) is 5.12. The second-order valence-corrected chi connectivity index (χ2v) is 7.96. The van der Waals surface area contributed by atoms with Crippen molar-refractivity contribution in [3.05, 3.63) is 149 Å². The maximum Gasteiger partial charge on any atom is 0.335 e. The Morgan fingerprint density at radius 2 is 0.923 bits per heavy atom. The van der Waals surface area contributed by atoms with E-state index in [1.165, 1.54) is 61.5 Å². The second kappa shape index (κ2) is 15.6. The summed E-state index contributed by atoms with van der Waals surface area (Å²) in [6.45, 7) is 1.44. The number of allylic oxidation sites excluding steroid dienone is 1. The normalized spacial score (nSPS) is 9.77. The molecule has 196 valence electrons. The average Bonchev–Trinajstić information content (AvgIpc) is 2.97.